The number of methoxy groups -OCH3 is 1. The van der Waals surface area contributed by atoms with E-state index >= 15 is 0 Å². The second kappa shape index (κ2) is 10.2. The van der Waals surface area contributed by atoms with E-state index in [1.807, 2.05) is 45.0 Å². The Morgan fingerprint density at radius 3 is 2.32 bits per heavy atom. The molecule has 1 N–H and O–H groups in total. The van der Waals surface area contributed by atoms with Gasteiger partial charge in [-0.15, -0.1) is 0 Å². The molecule has 0 saturated carbocycles. The number of para-hydroxylation sites is 1. The summed E-state index contributed by atoms with van der Waals surface area (Å²) in [5.41, 5.74) is 2.56. The first-order valence-electron chi connectivity index (χ1n) is 10.9. The van der Waals surface area contributed by atoms with Crippen LogP contribution in [0.25, 0.3) is 0 Å². The number of rotatable bonds is 8. The maximum Gasteiger partial charge on any atom is 0.310 e. The number of carboxylic acids is 1. The van der Waals surface area contributed by atoms with Gasteiger partial charge in [0.25, 0.3) is 5.79 Å². The van der Waals surface area contributed by atoms with Crippen LogP contribution in [0.2, 0.25) is 0 Å². The van der Waals surface area contributed by atoms with Crippen molar-refractivity contribution >= 4 is 43.6 Å². The van der Waals surface area contributed by atoms with E-state index < -0.39 is 22.0 Å². The van der Waals surface area contributed by atoms with Gasteiger partial charge in [0.05, 0.1) is 16.0 Å². The van der Waals surface area contributed by atoms with Gasteiger partial charge in [-0.25, -0.2) is 0 Å². The second-order valence-electron chi connectivity index (χ2n) is 8.74. The highest BCUT2D eigenvalue weighted by Crippen LogP contribution is 2.53. The maximum absolute atomic E-state index is 13.4. The fourth-order valence-electron chi connectivity index (χ4n) is 4.01. The number of aryl methyl sites for hydroxylation is 1. The molecule has 0 saturated heterocycles. The summed E-state index contributed by atoms with van der Waals surface area (Å²) in [6, 6.07) is 14.4. The summed E-state index contributed by atoms with van der Waals surface area (Å²) >= 11 is 7.45. The molecule has 34 heavy (non-hydrogen) atoms. The summed E-state index contributed by atoms with van der Waals surface area (Å²) in [5, 5.41) is 9.58. The summed E-state index contributed by atoms with van der Waals surface area (Å²) in [4.78, 5) is 25.1. The molecule has 1 aliphatic rings. The zero-order valence-electron chi connectivity index (χ0n) is 19.8. The van der Waals surface area contributed by atoms with Gasteiger partial charge >= 0.3 is 5.97 Å². The molecule has 7 heteroatoms. The van der Waals surface area contributed by atoms with Crippen molar-refractivity contribution in [2.45, 2.75) is 37.8 Å². The van der Waals surface area contributed by atoms with Gasteiger partial charge < -0.3 is 14.6 Å². The molecule has 3 atom stereocenters. The van der Waals surface area contributed by atoms with Crippen molar-refractivity contribution in [1.82, 2.24) is 0 Å². The van der Waals surface area contributed by atoms with Gasteiger partial charge in [0.1, 0.15) is 10.1 Å². The SMILES string of the molecule is COC1(Oc2ccccc2C(=O)c2cccc(C)c2)C(Br)=CC(C(C)C(=O)O)=CC1(Br)C(C)C. The molecule has 3 unspecified atom stereocenters. The molecule has 180 valence electrons. The van der Waals surface area contributed by atoms with E-state index in [4.69, 9.17) is 9.47 Å². The number of hydrogen-bond donors (Lipinski definition) is 1. The predicted molar refractivity (Wildman–Crippen MR) is 140 cm³/mol. The standard InChI is InChI=1S/C27H28Br2O5/c1-16(2)26(29)15-20(18(4)25(31)32)14-23(28)27(26,33-5)34-22-12-7-6-11-21(22)24(30)19-10-8-9-17(3)13-19/h6-16,18H,1-5H3,(H,31,32). The summed E-state index contributed by atoms with van der Waals surface area (Å²) in [7, 11) is 1.53. The molecule has 2 aromatic carbocycles. The number of carboxylic acid groups (broad SMARTS) is 1. The molecule has 0 bridgehead atoms. The lowest BCUT2D eigenvalue weighted by Gasteiger charge is -2.48. The van der Waals surface area contributed by atoms with Crippen LogP contribution in [0.15, 0.2) is 70.7 Å². The molecule has 0 fully saturated rings. The zero-order valence-corrected chi connectivity index (χ0v) is 22.9. The van der Waals surface area contributed by atoms with Crippen LogP contribution in [0.4, 0.5) is 0 Å². The zero-order chi connectivity index (χ0) is 25.3. The maximum atomic E-state index is 13.4. The number of carbonyl (C=O) groups excluding carboxylic acids is 1. The van der Waals surface area contributed by atoms with Crippen LogP contribution in [0.3, 0.4) is 0 Å². The summed E-state index contributed by atoms with van der Waals surface area (Å²) in [6.07, 6.45) is 3.56. The highest BCUT2D eigenvalue weighted by atomic mass is 79.9. The van der Waals surface area contributed by atoms with Crippen LogP contribution in [-0.2, 0) is 9.53 Å². The van der Waals surface area contributed by atoms with E-state index in [1.54, 1.807) is 43.3 Å². The third-order valence-electron chi connectivity index (χ3n) is 6.15. The summed E-state index contributed by atoms with van der Waals surface area (Å²) < 4.78 is 12.2. The number of aliphatic carboxylic acids is 1. The van der Waals surface area contributed by atoms with Gasteiger partial charge in [-0.3, -0.25) is 9.59 Å². The van der Waals surface area contributed by atoms with Crippen molar-refractivity contribution in [2.75, 3.05) is 7.11 Å². The highest BCUT2D eigenvalue weighted by Gasteiger charge is 2.58. The number of halogens is 2. The lowest BCUT2D eigenvalue weighted by molar-refractivity contribution is -0.151. The van der Waals surface area contributed by atoms with Crippen molar-refractivity contribution in [3.8, 4) is 5.75 Å². The summed E-state index contributed by atoms with van der Waals surface area (Å²) in [6.45, 7) is 7.55. The van der Waals surface area contributed by atoms with E-state index in [0.717, 1.165) is 5.56 Å². The number of ketones is 1. The van der Waals surface area contributed by atoms with E-state index in [2.05, 4.69) is 31.9 Å². The lowest BCUT2D eigenvalue weighted by Crippen LogP contribution is -2.59. The number of alkyl halides is 1. The van der Waals surface area contributed by atoms with Crippen LogP contribution in [0.5, 0.6) is 5.75 Å². The van der Waals surface area contributed by atoms with Gasteiger partial charge in [-0.05, 0) is 65.5 Å². The fourth-order valence-corrected chi connectivity index (χ4v) is 5.83. The molecule has 1 aliphatic carbocycles. The van der Waals surface area contributed by atoms with Crippen LogP contribution < -0.4 is 4.74 Å². The highest BCUT2D eigenvalue weighted by molar-refractivity contribution is 9.12. The summed E-state index contributed by atoms with van der Waals surface area (Å²) in [5.74, 6) is -2.94. The van der Waals surface area contributed by atoms with E-state index in [-0.39, 0.29) is 11.7 Å². The molecule has 0 aliphatic heterocycles. The molecular formula is C27H28Br2O5. The number of carbonyl (C=O) groups is 2. The van der Waals surface area contributed by atoms with Gasteiger partial charge in [0.2, 0.25) is 0 Å². The third kappa shape index (κ3) is 4.66. The third-order valence-corrected chi connectivity index (χ3v) is 8.57. The van der Waals surface area contributed by atoms with Crippen molar-refractivity contribution in [3.05, 3.63) is 87.4 Å². The van der Waals surface area contributed by atoms with Crippen molar-refractivity contribution < 1.29 is 24.2 Å². The monoisotopic (exact) mass is 590 g/mol. The Labute approximate surface area is 217 Å². The molecule has 3 rings (SSSR count). The molecule has 0 radical (unpaired) electrons. The lowest BCUT2D eigenvalue weighted by atomic mass is 9.79. The Morgan fingerprint density at radius 1 is 1.06 bits per heavy atom. The van der Waals surface area contributed by atoms with Crippen molar-refractivity contribution in [3.63, 3.8) is 0 Å². The molecular weight excluding hydrogens is 564 g/mol. The minimum Gasteiger partial charge on any atom is -0.481 e. The average Bonchev–Trinajstić information content (AvgIpc) is 2.80. The smallest absolute Gasteiger partial charge is 0.310 e. The van der Waals surface area contributed by atoms with Gasteiger partial charge in [0.15, 0.2) is 5.78 Å². The Hall–Kier alpha value is -2.22. The Kier molecular flexibility index (Phi) is 7.90. The largest absolute Gasteiger partial charge is 0.481 e. The first kappa shape index (κ1) is 26.4. The number of benzene rings is 2. The minimum atomic E-state index is -1.40. The molecule has 0 aromatic heterocycles. The Bertz CT molecular complexity index is 1170. The van der Waals surface area contributed by atoms with Crippen LogP contribution in [0, 0.1) is 18.8 Å². The first-order valence-corrected chi connectivity index (χ1v) is 12.5. The molecule has 0 spiro atoms. The van der Waals surface area contributed by atoms with Gasteiger partial charge in [0, 0.05) is 12.7 Å². The Balaban J connectivity index is 2.13. The Morgan fingerprint density at radius 2 is 1.74 bits per heavy atom. The normalized spacial score (nSPS) is 23.2. The van der Waals surface area contributed by atoms with E-state index in [9.17, 15) is 14.7 Å². The number of allylic oxidation sites excluding steroid dienone is 1. The molecule has 2 aromatic rings. The van der Waals surface area contributed by atoms with Crippen molar-refractivity contribution in [2.24, 2.45) is 11.8 Å². The van der Waals surface area contributed by atoms with Crippen LogP contribution in [-0.4, -0.2) is 34.1 Å². The minimum absolute atomic E-state index is 0.0793. The molecule has 0 amide bonds. The van der Waals surface area contributed by atoms with E-state index in [0.29, 0.717) is 26.9 Å². The topological polar surface area (TPSA) is 72.8 Å². The average molecular weight is 592 g/mol. The van der Waals surface area contributed by atoms with Gasteiger partial charge in [-0.1, -0.05) is 71.7 Å². The quantitative estimate of drug-likeness (QED) is 0.211. The van der Waals surface area contributed by atoms with Crippen molar-refractivity contribution in [1.29, 1.82) is 0 Å². The van der Waals surface area contributed by atoms with Gasteiger partial charge in [-0.2, -0.15) is 0 Å². The number of ether oxygens (including phenoxy) is 2. The predicted octanol–water partition coefficient (Wildman–Crippen LogP) is 6.68. The first-order chi connectivity index (χ1) is 16.0. The molecule has 5 nitrogen and oxygen atoms in total. The number of hydrogen-bond acceptors (Lipinski definition) is 4. The van der Waals surface area contributed by atoms with Crippen LogP contribution >= 0.6 is 31.9 Å². The van der Waals surface area contributed by atoms with E-state index in [1.165, 1.54) is 7.11 Å². The molecule has 0 heterocycles. The van der Waals surface area contributed by atoms with Crippen LogP contribution in [0.1, 0.15) is 42.3 Å². The second-order valence-corrected chi connectivity index (χ2v) is 10.9. The fraction of sp³-hybridized carbons (Fsp3) is 0.333.